The molecule has 0 aliphatic carbocycles. The van der Waals surface area contributed by atoms with E-state index in [9.17, 15) is 12.8 Å². The number of hydrogen-bond donors (Lipinski definition) is 1. The lowest BCUT2D eigenvalue weighted by molar-refractivity contribution is 0.0509. The molecule has 27 heavy (non-hydrogen) atoms. The molecular weight excluding hydrogens is 369 g/mol. The molecule has 1 fully saturated rings. The van der Waals surface area contributed by atoms with E-state index >= 15 is 0 Å². The molecule has 0 saturated carbocycles. The number of benzene rings is 2. The van der Waals surface area contributed by atoms with Crippen LogP contribution in [0.25, 0.3) is 0 Å². The van der Waals surface area contributed by atoms with Crippen LogP contribution in [0.15, 0.2) is 48.5 Å². The van der Waals surface area contributed by atoms with Gasteiger partial charge in [0.15, 0.2) is 0 Å². The minimum Gasteiger partial charge on any atom is -0.496 e. The molecule has 3 rings (SSSR count). The number of hydrogen-bond acceptors (Lipinski definition) is 4. The van der Waals surface area contributed by atoms with Gasteiger partial charge in [-0.15, -0.1) is 0 Å². The number of ether oxygens (including phenoxy) is 2. The van der Waals surface area contributed by atoms with Crippen LogP contribution in [0.3, 0.4) is 0 Å². The van der Waals surface area contributed by atoms with Crippen molar-refractivity contribution >= 4 is 10.0 Å². The zero-order chi connectivity index (χ0) is 19.3. The predicted molar refractivity (Wildman–Crippen MR) is 102 cm³/mol. The maximum atomic E-state index is 13.0. The van der Waals surface area contributed by atoms with Crippen LogP contribution in [-0.2, 0) is 25.9 Å². The third-order valence-electron chi connectivity index (χ3n) is 5.03. The highest BCUT2D eigenvalue weighted by molar-refractivity contribution is 7.88. The third kappa shape index (κ3) is 4.86. The second kappa shape index (κ2) is 8.37. The van der Waals surface area contributed by atoms with Crippen LogP contribution in [0.2, 0.25) is 0 Å². The van der Waals surface area contributed by atoms with Gasteiger partial charge in [-0.3, -0.25) is 0 Å². The Morgan fingerprint density at radius 3 is 2.44 bits per heavy atom. The van der Waals surface area contributed by atoms with E-state index in [0.717, 1.165) is 11.3 Å². The van der Waals surface area contributed by atoms with E-state index in [1.54, 1.807) is 7.11 Å². The molecule has 1 aliphatic heterocycles. The maximum Gasteiger partial charge on any atom is 0.215 e. The molecule has 0 spiro atoms. The van der Waals surface area contributed by atoms with Crippen LogP contribution in [-0.4, -0.2) is 35.3 Å². The third-order valence-corrected chi connectivity index (χ3v) is 6.33. The van der Waals surface area contributed by atoms with Gasteiger partial charge >= 0.3 is 0 Å². The Labute approximate surface area is 159 Å². The molecule has 0 atom stereocenters. The van der Waals surface area contributed by atoms with Gasteiger partial charge in [0.25, 0.3) is 0 Å². The van der Waals surface area contributed by atoms with Gasteiger partial charge in [0.1, 0.15) is 11.6 Å². The molecule has 2 aromatic rings. The van der Waals surface area contributed by atoms with E-state index in [0.29, 0.717) is 31.6 Å². The fraction of sp³-hybridized carbons (Fsp3) is 0.400. The summed E-state index contributed by atoms with van der Waals surface area (Å²) < 4.78 is 52.0. The molecule has 7 heteroatoms. The van der Waals surface area contributed by atoms with Crippen molar-refractivity contribution in [3.8, 4) is 5.75 Å². The maximum absolute atomic E-state index is 13.0. The van der Waals surface area contributed by atoms with Crippen LogP contribution in [0.4, 0.5) is 4.39 Å². The SMILES string of the molecule is COc1ccccc1C1(CNS(=O)(=O)Cc2ccc(F)cc2)CCOCC1. The monoisotopic (exact) mass is 393 g/mol. The fourth-order valence-corrected chi connectivity index (χ4v) is 4.71. The summed E-state index contributed by atoms with van der Waals surface area (Å²) in [6, 6.07) is 13.2. The van der Waals surface area contributed by atoms with E-state index in [1.165, 1.54) is 24.3 Å². The predicted octanol–water partition coefficient (Wildman–Crippen LogP) is 3.00. The van der Waals surface area contributed by atoms with Crippen molar-refractivity contribution in [2.75, 3.05) is 26.9 Å². The number of nitrogens with one attached hydrogen (secondary N) is 1. The van der Waals surface area contributed by atoms with Gasteiger partial charge in [-0.05, 0) is 36.6 Å². The number of halogens is 1. The average Bonchev–Trinajstić information content (AvgIpc) is 2.69. The van der Waals surface area contributed by atoms with Crippen LogP contribution >= 0.6 is 0 Å². The van der Waals surface area contributed by atoms with Crippen molar-refractivity contribution in [1.29, 1.82) is 0 Å². The Morgan fingerprint density at radius 2 is 1.78 bits per heavy atom. The van der Waals surface area contributed by atoms with Crippen LogP contribution < -0.4 is 9.46 Å². The lowest BCUT2D eigenvalue weighted by Crippen LogP contribution is -2.45. The first-order valence-electron chi connectivity index (χ1n) is 8.87. The number of sulfonamides is 1. The zero-order valence-corrected chi connectivity index (χ0v) is 16.1. The highest BCUT2D eigenvalue weighted by atomic mass is 32.2. The topological polar surface area (TPSA) is 64.6 Å². The Bertz CT molecular complexity index is 862. The molecule has 0 aromatic heterocycles. The second-order valence-electron chi connectivity index (χ2n) is 6.80. The van der Waals surface area contributed by atoms with Crippen molar-refractivity contribution in [3.05, 3.63) is 65.5 Å². The first kappa shape index (κ1) is 19.8. The smallest absolute Gasteiger partial charge is 0.215 e. The minimum atomic E-state index is -3.57. The highest BCUT2D eigenvalue weighted by Crippen LogP contribution is 2.39. The first-order valence-corrected chi connectivity index (χ1v) is 10.5. The van der Waals surface area contributed by atoms with Crippen molar-refractivity contribution < 1.29 is 22.3 Å². The average molecular weight is 393 g/mol. The summed E-state index contributed by atoms with van der Waals surface area (Å²) in [5.41, 5.74) is 1.14. The van der Waals surface area contributed by atoms with Gasteiger partial charge in [0.2, 0.25) is 10.0 Å². The van der Waals surface area contributed by atoms with Crippen molar-refractivity contribution in [2.45, 2.75) is 24.0 Å². The second-order valence-corrected chi connectivity index (χ2v) is 8.61. The Hall–Kier alpha value is -1.96. The number of para-hydroxylation sites is 1. The van der Waals surface area contributed by atoms with Gasteiger partial charge in [-0.1, -0.05) is 30.3 Å². The lowest BCUT2D eigenvalue weighted by atomic mass is 9.74. The van der Waals surface area contributed by atoms with Gasteiger partial charge < -0.3 is 9.47 Å². The summed E-state index contributed by atoms with van der Waals surface area (Å²) in [6.45, 7) is 1.40. The fourth-order valence-electron chi connectivity index (χ4n) is 3.49. The molecule has 1 heterocycles. The van der Waals surface area contributed by atoms with Gasteiger partial charge in [0.05, 0.1) is 12.9 Å². The van der Waals surface area contributed by atoms with Gasteiger partial charge in [0, 0.05) is 30.7 Å². The Kier molecular flexibility index (Phi) is 6.14. The molecule has 0 unspecified atom stereocenters. The van der Waals surface area contributed by atoms with Crippen molar-refractivity contribution in [1.82, 2.24) is 4.72 Å². The molecule has 5 nitrogen and oxygen atoms in total. The number of rotatable bonds is 7. The molecule has 1 N–H and O–H groups in total. The largest absolute Gasteiger partial charge is 0.496 e. The normalized spacial score (nSPS) is 16.8. The molecule has 146 valence electrons. The summed E-state index contributed by atoms with van der Waals surface area (Å²) in [4.78, 5) is 0. The van der Waals surface area contributed by atoms with E-state index in [2.05, 4.69) is 4.72 Å². The van der Waals surface area contributed by atoms with E-state index in [1.807, 2.05) is 24.3 Å². The number of methoxy groups -OCH3 is 1. The summed E-state index contributed by atoms with van der Waals surface area (Å²) in [6.07, 6.45) is 1.40. The lowest BCUT2D eigenvalue weighted by Gasteiger charge is -2.38. The molecule has 1 aliphatic rings. The van der Waals surface area contributed by atoms with Gasteiger partial charge in [-0.25, -0.2) is 17.5 Å². The minimum absolute atomic E-state index is 0.189. The van der Waals surface area contributed by atoms with Crippen LogP contribution in [0.5, 0.6) is 5.75 Å². The highest BCUT2D eigenvalue weighted by Gasteiger charge is 2.37. The zero-order valence-electron chi connectivity index (χ0n) is 15.3. The standard InChI is InChI=1S/C20H24FNO4S/c1-25-19-5-3-2-4-18(19)20(10-12-26-13-11-20)15-22-27(23,24)14-16-6-8-17(21)9-7-16/h2-9,22H,10-15H2,1H3. The molecule has 0 amide bonds. The molecule has 2 aromatic carbocycles. The Morgan fingerprint density at radius 1 is 1.11 bits per heavy atom. The van der Waals surface area contributed by atoms with E-state index < -0.39 is 10.0 Å². The summed E-state index contributed by atoms with van der Waals surface area (Å²) >= 11 is 0. The van der Waals surface area contributed by atoms with Crippen molar-refractivity contribution in [3.63, 3.8) is 0 Å². The van der Waals surface area contributed by atoms with Crippen molar-refractivity contribution in [2.24, 2.45) is 0 Å². The molecule has 0 bridgehead atoms. The van der Waals surface area contributed by atoms with Crippen LogP contribution in [0, 0.1) is 5.82 Å². The summed E-state index contributed by atoms with van der Waals surface area (Å²) in [5.74, 6) is 0.171. The van der Waals surface area contributed by atoms with E-state index in [4.69, 9.17) is 9.47 Å². The molecule has 0 radical (unpaired) electrons. The van der Waals surface area contributed by atoms with E-state index in [-0.39, 0.29) is 23.5 Å². The van der Waals surface area contributed by atoms with Gasteiger partial charge in [-0.2, -0.15) is 0 Å². The summed E-state index contributed by atoms with van der Waals surface area (Å²) in [5, 5.41) is 0. The molecule has 1 saturated heterocycles. The quantitative estimate of drug-likeness (QED) is 0.785. The Balaban J connectivity index is 1.79. The van der Waals surface area contributed by atoms with Crippen LogP contribution in [0.1, 0.15) is 24.0 Å². The summed E-state index contributed by atoms with van der Waals surface area (Å²) in [7, 11) is -1.95. The first-order chi connectivity index (χ1) is 12.9. The molecular formula is C20H24FNO4S.